The van der Waals surface area contributed by atoms with Crippen LogP contribution < -0.4 is 4.74 Å². The van der Waals surface area contributed by atoms with Gasteiger partial charge in [0.2, 0.25) is 5.91 Å². The van der Waals surface area contributed by atoms with Gasteiger partial charge in [-0.25, -0.2) is 0 Å². The number of benzene rings is 2. The number of nitrogens with one attached hydrogen (secondary N) is 1. The molecule has 2 aliphatic heterocycles. The van der Waals surface area contributed by atoms with Crippen LogP contribution in [-0.2, 0) is 4.79 Å². The van der Waals surface area contributed by atoms with Crippen LogP contribution in [0.2, 0.25) is 0 Å². The minimum absolute atomic E-state index is 0.0349. The molecule has 176 valence electrons. The number of carbonyl (C=O) groups excluding carboxylic acids is 2. The third-order valence-electron chi connectivity index (χ3n) is 6.50. The summed E-state index contributed by atoms with van der Waals surface area (Å²) in [6.45, 7) is -0.338. The molecule has 34 heavy (non-hydrogen) atoms. The molecular formula is C24H23F2N5O3. The van der Waals surface area contributed by atoms with Gasteiger partial charge in [0.15, 0.2) is 0 Å². The van der Waals surface area contributed by atoms with Crippen molar-refractivity contribution in [2.45, 2.75) is 13.0 Å². The number of ether oxygens (including phenoxy) is 1. The number of nitrogens with zero attached hydrogens (tertiary/aromatic N) is 4. The molecule has 2 aliphatic rings. The van der Waals surface area contributed by atoms with Crippen molar-refractivity contribution in [2.24, 2.45) is 11.8 Å². The second-order valence-electron chi connectivity index (χ2n) is 8.63. The van der Waals surface area contributed by atoms with Gasteiger partial charge in [-0.3, -0.25) is 14.7 Å². The molecule has 2 aromatic carbocycles. The van der Waals surface area contributed by atoms with E-state index < -0.39 is 6.61 Å². The summed E-state index contributed by atoms with van der Waals surface area (Å²) in [6.07, 6.45) is 4.00. The molecule has 0 spiro atoms. The van der Waals surface area contributed by atoms with Gasteiger partial charge in [0.05, 0.1) is 5.52 Å². The predicted octanol–water partition coefficient (Wildman–Crippen LogP) is 3.19. The zero-order valence-corrected chi connectivity index (χ0v) is 18.2. The largest absolute Gasteiger partial charge is 0.435 e. The number of alkyl halides is 2. The summed E-state index contributed by atoms with van der Waals surface area (Å²) in [5.41, 5.74) is 2.73. The van der Waals surface area contributed by atoms with Crippen LogP contribution in [0.15, 0.2) is 48.5 Å². The van der Waals surface area contributed by atoms with Crippen molar-refractivity contribution in [3.05, 3.63) is 59.7 Å². The number of piperidine rings is 1. The number of aromatic nitrogens is 3. The highest BCUT2D eigenvalue weighted by molar-refractivity contribution is 5.97. The van der Waals surface area contributed by atoms with Crippen LogP contribution in [-0.4, -0.2) is 69.8 Å². The van der Waals surface area contributed by atoms with E-state index in [9.17, 15) is 18.4 Å². The summed E-state index contributed by atoms with van der Waals surface area (Å²) < 4.78 is 28.8. The number of hydrogen-bond donors (Lipinski definition) is 1. The van der Waals surface area contributed by atoms with Gasteiger partial charge in [-0.05, 0) is 60.2 Å². The maximum absolute atomic E-state index is 13.0. The van der Waals surface area contributed by atoms with E-state index in [0.29, 0.717) is 48.7 Å². The van der Waals surface area contributed by atoms with Crippen molar-refractivity contribution in [1.29, 1.82) is 0 Å². The summed E-state index contributed by atoms with van der Waals surface area (Å²) >= 11 is 0. The second-order valence-corrected chi connectivity index (χ2v) is 8.63. The van der Waals surface area contributed by atoms with Crippen molar-refractivity contribution in [2.75, 3.05) is 26.2 Å². The third-order valence-corrected chi connectivity index (χ3v) is 6.50. The highest BCUT2D eigenvalue weighted by atomic mass is 19.3. The standard InChI is InChI=1S/C24H23F2N5O3/c25-24(26)34-19-5-1-15(2-6-19)3-8-22(32)31-12-17-9-10-30(13-18(17)14-31)23(33)16-4-7-20-21(11-16)28-29-27-20/h1-8,11,17-18,24H,9-10,12-14H2,(H,27,28,29)/b8-3+. The molecular weight excluding hydrogens is 444 g/mol. The van der Waals surface area contributed by atoms with Crippen molar-refractivity contribution >= 4 is 28.9 Å². The number of halogens is 2. The average molecular weight is 467 g/mol. The maximum Gasteiger partial charge on any atom is 0.387 e. The molecule has 1 N–H and O–H groups in total. The van der Waals surface area contributed by atoms with Gasteiger partial charge < -0.3 is 14.5 Å². The van der Waals surface area contributed by atoms with Crippen LogP contribution in [0, 0.1) is 11.8 Å². The first kappa shape index (κ1) is 22.0. The Balaban J connectivity index is 1.18. The van der Waals surface area contributed by atoms with E-state index in [1.54, 1.807) is 36.4 Å². The Morgan fingerprint density at radius 3 is 2.62 bits per heavy atom. The lowest BCUT2D eigenvalue weighted by molar-refractivity contribution is -0.125. The molecule has 0 aliphatic carbocycles. The molecule has 8 nitrogen and oxygen atoms in total. The quantitative estimate of drug-likeness (QED) is 0.582. The number of aromatic amines is 1. The highest BCUT2D eigenvalue weighted by Crippen LogP contribution is 2.32. The van der Waals surface area contributed by atoms with E-state index >= 15 is 0 Å². The van der Waals surface area contributed by atoms with Crippen LogP contribution in [0.25, 0.3) is 17.1 Å². The van der Waals surface area contributed by atoms with Gasteiger partial charge in [-0.15, -0.1) is 5.10 Å². The normalized spacial score (nSPS) is 20.3. The Kier molecular flexibility index (Phi) is 5.95. The molecule has 1 aromatic heterocycles. The Morgan fingerprint density at radius 2 is 1.82 bits per heavy atom. The Bertz CT molecular complexity index is 1230. The summed E-state index contributed by atoms with van der Waals surface area (Å²) in [6, 6.07) is 11.4. The summed E-state index contributed by atoms with van der Waals surface area (Å²) in [5, 5.41) is 10.5. The first-order valence-corrected chi connectivity index (χ1v) is 11.1. The van der Waals surface area contributed by atoms with Crippen LogP contribution in [0.1, 0.15) is 22.3 Å². The van der Waals surface area contributed by atoms with Gasteiger partial charge >= 0.3 is 6.61 Å². The van der Waals surface area contributed by atoms with Crippen molar-refractivity contribution in [1.82, 2.24) is 25.2 Å². The summed E-state index contributed by atoms with van der Waals surface area (Å²) in [5.74, 6) is 0.535. The maximum atomic E-state index is 13.0. The molecule has 2 amide bonds. The SMILES string of the molecule is O=C(/C=C/c1ccc(OC(F)F)cc1)N1CC2CCN(C(=O)c3ccc4[nH]nnc4c3)CC2C1. The molecule has 2 unspecified atom stereocenters. The number of fused-ring (bicyclic) bond motifs is 2. The minimum Gasteiger partial charge on any atom is -0.435 e. The molecule has 5 rings (SSSR count). The van der Waals surface area contributed by atoms with Crippen molar-refractivity contribution in [3.63, 3.8) is 0 Å². The monoisotopic (exact) mass is 467 g/mol. The Hall–Kier alpha value is -3.82. The molecule has 3 heterocycles. The van der Waals surface area contributed by atoms with Crippen LogP contribution in [0.5, 0.6) is 5.75 Å². The van der Waals surface area contributed by atoms with E-state index in [-0.39, 0.29) is 23.5 Å². The number of rotatable bonds is 5. The first-order chi connectivity index (χ1) is 16.5. The minimum atomic E-state index is -2.87. The van der Waals surface area contributed by atoms with E-state index in [4.69, 9.17) is 0 Å². The van der Waals surface area contributed by atoms with Crippen molar-refractivity contribution < 1.29 is 23.1 Å². The van der Waals surface area contributed by atoms with E-state index in [1.807, 2.05) is 9.80 Å². The molecule has 0 radical (unpaired) electrons. The molecule has 2 fully saturated rings. The summed E-state index contributed by atoms with van der Waals surface area (Å²) in [7, 11) is 0. The number of carbonyl (C=O) groups is 2. The van der Waals surface area contributed by atoms with Gasteiger partial charge in [-0.1, -0.05) is 17.3 Å². The lowest BCUT2D eigenvalue weighted by Crippen LogP contribution is -2.43. The highest BCUT2D eigenvalue weighted by Gasteiger charge is 2.39. The molecule has 2 atom stereocenters. The molecule has 10 heteroatoms. The fraction of sp³-hybridized carbons (Fsp3) is 0.333. The number of likely N-dealkylation sites (tertiary alicyclic amines) is 2. The summed E-state index contributed by atoms with van der Waals surface area (Å²) in [4.78, 5) is 29.4. The topological polar surface area (TPSA) is 91.4 Å². The van der Waals surface area contributed by atoms with E-state index in [1.165, 1.54) is 18.2 Å². The molecule has 2 saturated heterocycles. The number of H-pyrrole nitrogens is 1. The molecule has 0 saturated carbocycles. The zero-order chi connectivity index (χ0) is 23.7. The fourth-order valence-electron chi connectivity index (χ4n) is 4.72. The Labute approximate surface area is 194 Å². The van der Waals surface area contributed by atoms with Gasteiger partial charge in [0, 0.05) is 37.8 Å². The lowest BCUT2D eigenvalue weighted by Gasteiger charge is -2.34. The number of amides is 2. The Morgan fingerprint density at radius 1 is 1.06 bits per heavy atom. The van der Waals surface area contributed by atoms with Crippen LogP contribution in [0.4, 0.5) is 8.78 Å². The second kappa shape index (κ2) is 9.20. The lowest BCUT2D eigenvalue weighted by atomic mass is 9.88. The van der Waals surface area contributed by atoms with Gasteiger partial charge in [0.25, 0.3) is 5.91 Å². The first-order valence-electron chi connectivity index (χ1n) is 11.1. The van der Waals surface area contributed by atoms with Gasteiger partial charge in [0.1, 0.15) is 11.3 Å². The third kappa shape index (κ3) is 4.61. The predicted molar refractivity (Wildman–Crippen MR) is 120 cm³/mol. The number of hydrogen-bond acceptors (Lipinski definition) is 5. The molecule has 0 bridgehead atoms. The smallest absolute Gasteiger partial charge is 0.387 e. The van der Waals surface area contributed by atoms with Gasteiger partial charge in [-0.2, -0.15) is 8.78 Å². The average Bonchev–Trinajstić information content (AvgIpc) is 3.48. The fourth-order valence-corrected chi connectivity index (χ4v) is 4.72. The van der Waals surface area contributed by atoms with Crippen molar-refractivity contribution in [3.8, 4) is 5.75 Å². The molecule has 3 aromatic rings. The van der Waals surface area contributed by atoms with E-state index in [0.717, 1.165) is 11.9 Å². The van der Waals surface area contributed by atoms with Crippen LogP contribution >= 0.6 is 0 Å². The van der Waals surface area contributed by atoms with E-state index in [2.05, 4.69) is 20.1 Å². The van der Waals surface area contributed by atoms with Crippen LogP contribution in [0.3, 0.4) is 0 Å². The zero-order valence-electron chi connectivity index (χ0n) is 18.2.